The SMILES string of the molecule is Nc1ncnc2c1ncn2CCOCP1(=O)OCCC(c2ccc(F)cc2F)O1. The zero-order chi connectivity index (χ0) is 20.4. The van der Waals surface area contributed by atoms with Crippen LogP contribution in [0.1, 0.15) is 18.1 Å². The number of imidazole rings is 1. The molecule has 0 saturated carbocycles. The Morgan fingerprint density at radius 1 is 1.31 bits per heavy atom. The zero-order valence-corrected chi connectivity index (χ0v) is 16.1. The molecule has 0 spiro atoms. The van der Waals surface area contributed by atoms with E-state index < -0.39 is 25.3 Å². The average Bonchev–Trinajstić information content (AvgIpc) is 3.10. The van der Waals surface area contributed by atoms with Crippen LogP contribution in [0, 0.1) is 11.6 Å². The minimum Gasteiger partial charge on any atom is -0.382 e. The van der Waals surface area contributed by atoms with Gasteiger partial charge in [-0.2, -0.15) is 0 Å². The minimum atomic E-state index is -3.58. The Kier molecular flexibility index (Phi) is 5.55. The summed E-state index contributed by atoms with van der Waals surface area (Å²) >= 11 is 0. The molecule has 0 aliphatic carbocycles. The van der Waals surface area contributed by atoms with Gasteiger partial charge in [0.2, 0.25) is 0 Å². The molecule has 154 valence electrons. The number of aromatic nitrogens is 4. The van der Waals surface area contributed by atoms with Crippen molar-refractivity contribution in [3.63, 3.8) is 0 Å². The Bertz CT molecular complexity index is 1080. The van der Waals surface area contributed by atoms with Crippen LogP contribution in [-0.2, 0) is 24.9 Å². The maximum Gasteiger partial charge on any atom is 0.356 e. The first-order valence-electron chi connectivity index (χ1n) is 8.81. The molecule has 1 aromatic carbocycles. The highest BCUT2D eigenvalue weighted by atomic mass is 31.2. The summed E-state index contributed by atoms with van der Waals surface area (Å²) in [4.78, 5) is 12.2. The van der Waals surface area contributed by atoms with Crippen molar-refractivity contribution in [2.75, 3.05) is 25.3 Å². The van der Waals surface area contributed by atoms with Gasteiger partial charge in [-0.05, 0) is 6.07 Å². The summed E-state index contributed by atoms with van der Waals surface area (Å²) in [6, 6.07) is 3.18. The summed E-state index contributed by atoms with van der Waals surface area (Å²) in [5.41, 5.74) is 6.93. The first-order chi connectivity index (χ1) is 14.0. The second-order valence-electron chi connectivity index (χ2n) is 6.40. The predicted molar refractivity (Wildman–Crippen MR) is 98.9 cm³/mol. The number of hydrogen-bond donors (Lipinski definition) is 1. The minimum absolute atomic E-state index is 0.116. The third kappa shape index (κ3) is 4.27. The van der Waals surface area contributed by atoms with Gasteiger partial charge in [0.1, 0.15) is 29.8 Å². The molecule has 0 bridgehead atoms. The number of ether oxygens (including phenoxy) is 1. The van der Waals surface area contributed by atoms with Crippen LogP contribution >= 0.6 is 7.60 Å². The Morgan fingerprint density at radius 3 is 3.00 bits per heavy atom. The number of halogens is 2. The first-order valence-corrected chi connectivity index (χ1v) is 10.5. The van der Waals surface area contributed by atoms with Crippen LogP contribution in [0.25, 0.3) is 11.2 Å². The van der Waals surface area contributed by atoms with Crippen molar-refractivity contribution >= 4 is 24.6 Å². The van der Waals surface area contributed by atoms with Crippen molar-refractivity contribution in [1.29, 1.82) is 0 Å². The molecule has 2 N–H and O–H groups in total. The van der Waals surface area contributed by atoms with Gasteiger partial charge in [-0.15, -0.1) is 0 Å². The zero-order valence-electron chi connectivity index (χ0n) is 15.2. The number of nitrogens with two attached hydrogens (primary N) is 1. The van der Waals surface area contributed by atoms with Gasteiger partial charge in [-0.3, -0.25) is 9.09 Å². The van der Waals surface area contributed by atoms with E-state index in [1.807, 2.05) is 0 Å². The molecule has 1 aliphatic rings. The lowest BCUT2D eigenvalue weighted by atomic mass is 10.1. The molecule has 2 atom stereocenters. The normalized spacial score (nSPS) is 22.2. The fraction of sp³-hybridized carbons (Fsp3) is 0.353. The van der Waals surface area contributed by atoms with Crippen molar-refractivity contribution in [3.8, 4) is 0 Å². The van der Waals surface area contributed by atoms with Gasteiger partial charge in [0.15, 0.2) is 11.5 Å². The number of rotatable bonds is 6. The predicted octanol–water partition coefficient (Wildman–Crippen LogP) is 3.03. The maximum absolute atomic E-state index is 14.0. The molecule has 1 aliphatic heterocycles. The van der Waals surface area contributed by atoms with E-state index >= 15 is 0 Å². The van der Waals surface area contributed by atoms with Gasteiger partial charge >= 0.3 is 7.60 Å². The summed E-state index contributed by atoms with van der Waals surface area (Å²) in [6.07, 6.45) is 2.11. The Labute approximate surface area is 164 Å². The third-order valence-corrected chi connectivity index (χ3v) is 6.07. The van der Waals surface area contributed by atoms with Gasteiger partial charge in [-0.1, -0.05) is 6.07 Å². The van der Waals surface area contributed by atoms with Crippen molar-refractivity contribution in [2.24, 2.45) is 0 Å². The molecule has 0 radical (unpaired) electrons. The number of fused-ring (bicyclic) bond motifs is 1. The van der Waals surface area contributed by atoms with Crippen molar-refractivity contribution in [1.82, 2.24) is 19.5 Å². The van der Waals surface area contributed by atoms with Gasteiger partial charge in [0, 0.05) is 24.6 Å². The largest absolute Gasteiger partial charge is 0.382 e. The van der Waals surface area contributed by atoms with E-state index in [1.165, 1.54) is 12.4 Å². The highest BCUT2D eigenvalue weighted by Gasteiger charge is 2.35. The molecule has 12 heteroatoms. The van der Waals surface area contributed by atoms with E-state index in [1.54, 1.807) is 10.9 Å². The summed E-state index contributed by atoms with van der Waals surface area (Å²) in [7, 11) is -3.58. The molecule has 2 unspecified atom stereocenters. The van der Waals surface area contributed by atoms with Crippen LogP contribution in [0.3, 0.4) is 0 Å². The molecule has 29 heavy (non-hydrogen) atoms. The Balaban J connectivity index is 1.35. The molecule has 0 amide bonds. The van der Waals surface area contributed by atoms with E-state index in [0.717, 1.165) is 12.1 Å². The van der Waals surface area contributed by atoms with Crippen molar-refractivity contribution < 1.29 is 27.1 Å². The molecule has 2 aromatic heterocycles. The third-order valence-electron chi connectivity index (χ3n) is 4.42. The lowest BCUT2D eigenvalue weighted by Gasteiger charge is -2.30. The number of hydrogen-bond acceptors (Lipinski definition) is 8. The molecule has 4 rings (SSSR count). The highest BCUT2D eigenvalue weighted by Crippen LogP contribution is 2.56. The summed E-state index contributed by atoms with van der Waals surface area (Å²) in [6.45, 7) is 0.676. The smallest absolute Gasteiger partial charge is 0.356 e. The fourth-order valence-electron chi connectivity index (χ4n) is 3.02. The summed E-state index contributed by atoms with van der Waals surface area (Å²) in [5, 5.41) is 0. The van der Waals surface area contributed by atoms with Crippen LogP contribution < -0.4 is 5.73 Å². The van der Waals surface area contributed by atoms with Crippen molar-refractivity contribution in [3.05, 3.63) is 48.1 Å². The maximum atomic E-state index is 14.0. The number of anilines is 1. The topological polar surface area (TPSA) is 114 Å². The fourth-order valence-corrected chi connectivity index (χ4v) is 4.56. The van der Waals surface area contributed by atoms with E-state index in [2.05, 4.69) is 15.0 Å². The number of benzene rings is 1. The summed E-state index contributed by atoms with van der Waals surface area (Å²) in [5.74, 6) is -1.16. The number of nitrogen functional groups attached to an aromatic ring is 1. The monoisotopic (exact) mass is 425 g/mol. The van der Waals surface area contributed by atoms with E-state index in [4.69, 9.17) is 19.5 Å². The van der Waals surface area contributed by atoms with Gasteiger partial charge < -0.3 is 19.6 Å². The lowest BCUT2D eigenvalue weighted by Crippen LogP contribution is -2.18. The average molecular weight is 425 g/mol. The van der Waals surface area contributed by atoms with Crippen LogP contribution in [0.5, 0.6) is 0 Å². The van der Waals surface area contributed by atoms with Crippen molar-refractivity contribution in [2.45, 2.75) is 19.1 Å². The molecule has 1 saturated heterocycles. The van der Waals surface area contributed by atoms with Gasteiger partial charge in [0.05, 0.1) is 25.6 Å². The summed E-state index contributed by atoms with van der Waals surface area (Å²) < 4.78 is 57.8. The first kappa shape index (κ1) is 19.8. The van der Waals surface area contributed by atoms with Gasteiger partial charge in [-0.25, -0.2) is 23.7 Å². The lowest BCUT2D eigenvalue weighted by molar-refractivity contribution is 0.0547. The molecule has 9 nitrogen and oxygen atoms in total. The standard InChI is InChI=1S/C17H18F2N5O4P/c18-11-1-2-12(13(19)7-11)14-3-5-27-29(25,28-14)10-26-6-4-24-9-23-15-16(20)21-8-22-17(15)24/h1-2,7-9,14H,3-6,10H2,(H2,20,21,22). The van der Waals surface area contributed by atoms with E-state index in [0.29, 0.717) is 24.1 Å². The Morgan fingerprint density at radius 2 is 2.17 bits per heavy atom. The van der Waals surface area contributed by atoms with E-state index in [9.17, 15) is 13.3 Å². The molecular weight excluding hydrogens is 407 g/mol. The number of nitrogens with zero attached hydrogens (tertiary/aromatic N) is 4. The van der Waals surface area contributed by atoms with Crippen LogP contribution in [0.15, 0.2) is 30.9 Å². The van der Waals surface area contributed by atoms with Crippen LogP contribution in [0.2, 0.25) is 0 Å². The van der Waals surface area contributed by atoms with Crippen LogP contribution in [-0.4, -0.2) is 39.1 Å². The quantitative estimate of drug-likeness (QED) is 0.474. The van der Waals surface area contributed by atoms with E-state index in [-0.39, 0.29) is 30.9 Å². The molecule has 1 fully saturated rings. The highest BCUT2D eigenvalue weighted by molar-refractivity contribution is 7.53. The second-order valence-corrected chi connectivity index (χ2v) is 8.35. The molecule has 3 aromatic rings. The Hall–Kier alpha value is -2.46. The van der Waals surface area contributed by atoms with Gasteiger partial charge in [0.25, 0.3) is 0 Å². The van der Waals surface area contributed by atoms with Crippen LogP contribution in [0.4, 0.5) is 14.6 Å². The molecular formula is C17H18F2N5O4P. The molecule has 3 heterocycles. The second kappa shape index (κ2) is 8.11.